The smallest absolute Gasteiger partial charge is 0.268 e. The minimum Gasteiger partial charge on any atom is -0.489 e. The van der Waals surface area contributed by atoms with E-state index in [0.717, 1.165) is 20.3 Å². The molecule has 0 saturated heterocycles. The third-order valence-electron chi connectivity index (χ3n) is 6.23. The van der Waals surface area contributed by atoms with E-state index in [4.69, 9.17) is 4.74 Å². The zero-order chi connectivity index (χ0) is 26.7. The van der Waals surface area contributed by atoms with Crippen molar-refractivity contribution >= 4 is 20.8 Å². The molecule has 5 rings (SSSR count). The molecule has 5 aromatic rings. The Balaban J connectivity index is 1.49. The fourth-order valence-electron chi connectivity index (χ4n) is 4.41. The number of ether oxygens (including phenoxy) is 1. The summed E-state index contributed by atoms with van der Waals surface area (Å²) in [5.41, 5.74) is 2.15. The fraction of sp³-hybridized carbons (Fsp3) is 0.100. The zero-order valence-corrected chi connectivity index (χ0v) is 21.4. The lowest BCUT2D eigenvalue weighted by atomic mass is 10.1. The van der Waals surface area contributed by atoms with Crippen LogP contribution in [0, 0.1) is 17.1 Å². The van der Waals surface area contributed by atoms with Crippen LogP contribution in [0.5, 0.6) is 5.75 Å². The van der Waals surface area contributed by atoms with E-state index >= 15 is 4.39 Å². The van der Waals surface area contributed by atoms with Crippen LogP contribution in [0.25, 0.3) is 22.0 Å². The number of aromatic nitrogens is 1. The van der Waals surface area contributed by atoms with E-state index in [2.05, 4.69) is 5.32 Å². The molecular formula is C30H24FN3O3S. The second-order valence-corrected chi connectivity index (χ2v) is 10.6. The lowest BCUT2D eigenvalue weighted by Crippen LogP contribution is -2.14. The van der Waals surface area contributed by atoms with Crippen molar-refractivity contribution in [3.63, 3.8) is 0 Å². The summed E-state index contributed by atoms with van der Waals surface area (Å²) >= 11 is 0. The van der Waals surface area contributed by atoms with Crippen LogP contribution >= 0.6 is 0 Å². The van der Waals surface area contributed by atoms with E-state index < -0.39 is 15.8 Å². The summed E-state index contributed by atoms with van der Waals surface area (Å²) in [4.78, 5) is -0.0557. The highest BCUT2D eigenvalue weighted by Crippen LogP contribution is 2.32. The first-order valence-electron chi connectivity index (χ1n) is 11.9. The van der Waals surface area contributed by atoms with Gasteiger partial charge in [-0.2, -0.15) is 5.26 Å². The summed E-state index contributed by atoms with van der Waals surface area (Å²) in [6.45, 7) is 0.647. The average Bonchev–Trinajstić information content (AvgIpc) is 3.36. The third kappa shape index (κ3) is 4.90. The summed E-state index contributed by atoms with van der Waals surface area (Å²) in [6.07, 6.45) is 1.46. The molecule has 190 valence electrons. The van der Waals surface area contributed by atoms with E-state index in [9.17, 15) is 13.7 Å². The highest BCUT2D eigenvalue weighted by atomic mass is 32.2. The van der Waals surface area contributed by atoms with Crippen LogP contribution in [0.2, 0.25) is 0 Å². The number of fused-ring (bicyclic) bond motifs is 1. The van der Waals surface area contributed by atoms with Gasteiger partial charge in [-0.05, 0) is 65.3 Å². The topological polar surface area (TPSA) is 84.1 Å². The van der Waals surface area contributed by atoms with Gasteiger partial charge in [0.15, 0.2) is 0 Å². The molecule has 0 aliphatic heterocycles. The highest BCUT2D eigenvalue weighted by molar-refractivity contribution is 7.90. The maximum absolute atomic E-state index is 15.5. The van der Waals surface area contributed by atoms with Gasteiger partial charge in [-0.1, -0.05) is 48.5 Å². The summed E-state index contributed by atoms with van der Waals surface area (Å²) in [6, 6.07) is 27.7. The van der Waals surface area contributed by atoms with Crippen LogP contribution in [0.15, 0.2) is 102 Å². The Hall–Kier alpha value is -4.45. The molecule has 6 nitrogen and oxygen atoms in total. The van der Waals surface area contributed by atoms with Crippen LogP contribution < -0.4 is 10.1 Å². The van der Waals surface area contributed by atoms with Crippen LogP contribution in [-0.2, 0) is 23.2 Å². The molecule has 38 heavy (non-hydrogen) atoms. The summed E-state index contributed by atoms with van der Waals surface area (Å²) in [5.74, 6) is -0.283. The molecule has 1 heterocycles. The quantitative estimate of drug-likeness (QED) is 0.275. The van der Waals surface area contributed by atoms with E-state index in [1.54, 1.807) is 19.2 Å². The average molecular weight is 526 g/mol. The predicted molar refractivity (Wildman–Crippen MR) is 145 cm³/mol. The van der Waals surface area contributed by atoms with Gasteiger partial charge in [-0.3, -0.25) is 0 Å². The van der Waals surface area contributed by atoms with Crippen LogP contribution in [0.3, 0.4) is 0 Å². The van der Waals surface area contributed by atoms with Gasteiger partial charge in [0.2, 0.25) is 0 Å². The first kappa shape index (κ1) is 25.2. The zero-order valence-electron chi connectivity index (χ0n) is 20.6. The molecule has 0 fully saturated rings. The molecule has 8 heteroatoms. The Morgan fingerprint density at radius 1 is 0.974 bits per heavy atom. The normalized spacial score (nSPS) is 11.4. The number of benzene rings is 4. The van der Waals surface area contributed by atoms with Gasteiger partial charge in [0, 0.05) is 24.4 Å². The maximum Gasteiger partial charge on any atom is 0.268 e. The standard InChI is InChI=1S/C30H24FN3O3S/c1-33-18-22-15-30(34(19-22)38(35,36)26-10-4-6-21(14-26)17-32)28-13-12-25(16-29(28)31)37-20-24-9-5-8-23-7-2-3-11-27(23)24/h2-16,19,33H,18,20H2,1H3. The molecule has 1 aromatic heterocycles. The Morgan fingerprint density at radius 3 is 2.55 bits per heavy atom. The largest absolute Gasteiger partial charge is 0.489 e. The van der Waals surface area contributed by atoms with Gasteiger partial charge >= 0.3 is 0 Å². The van der Waals surface area contributed by atoms with Gasteiger partial charge in [0.05, 0.1) is 22.2 Å². The molecule has 0 unspecified atom stereocenters. The summed E-state index contributed by atoms with van der Waals surface area (Å²) in [5, 5.41) is 14.4. The lowest BCUT2D eigenvalue weighted by molar-refractivity contribution is 0.306. The first-order chi connectivity index (χ1) is 18.4. The van der Waals surface area contributed by atoms with Crippen LogP contribution in [0.1, 0.15) is 16.7 Å². The Kier molecular flexibility index (Phi) is 6.97. The molecule has 0 aliphatic carbocycles. The second kappa shape index (κ2) is 10.5. The maximum atomic E-state index is 15.5. The predicted octanol–water partition coefficient (Wildman–Crippen LogP) is 5.85. The lowest BCUT2D eigenvalue weighted by Gasteiger charge is -2.13. The summed E-state index contributed by atoms with van der Waals surface area (Å²) in [7, 11) is -2.36. The van der Waals surface area contributed by atoms with Crippen LogP contribution in [0.4, 0.5) is 4.39 Å². The monoisotopic (exact) mass is 525 g/mol. The number of nitriles is 1. The van der Waals surface area contributed by atoms with Crippen molar-refractivity contribution in [2.75, 3.05) is 7.05 Å². The highest BCUT2D eigenvalue weighted by Gasteiger charge is 2.24. The van der Waals surface area contributed by atoms with Gasteiger partial charge in [-0.15, -0.1) is 0 Å². The van der Waals surface area contributed by atoms with Crippen molar-refractivity contribution in [3.05, 3.63) is 120 Å². The first-order valence-corrected chi connectivity index (χ1v) is 13.4. The van der Waals surface area contributed by atoms with Crippen molar-refractivity contribution in [2.24, 2.45) is 0 Å². The van der Waals surface area contributed by atoms with E-state index in [1.807, 2.05) is 48.5 Å². The van der Waals surface area contributed by atoms with E-state index in [-0.39, 0.29) is 28.3 Å². The molecule has 0 aliphatic rings. The van der Waals surface area contributed by atoms with Gasteiger partial charge in [0.1, 0.15) is 18.2 Å². The minimum absolute atomic E-state index is 0.0557. The number of rotatable bonds is 8. The van der Waals surface area contributed by atoms with Gasteiger partial charge in [-0.25, -0.2) is 16.8 Å². The van der Waals surface area contributed by atoms with Crippen molar-refractivity contribution in [3.8, 4) is 23.1 Å². The Morgan fingerprint density at radius 2 is 1.76 bits per heavy atom. The van der Waals surface area contributed by atoms with Crippen LogP contribution in [-0.4, -0.2) is 19.4 Å². The molecule has 0 spiro atoms. The fourth-order valence-corrected chi connectivity index (χ4v) is 5.84. The van der Waals surface area contributed by atoms with Crippen molar-refractivity contribution in [1.29, 1.82) is 5.26 Å². The number of hydrogen-bond acceptors (Lipinski definition) is 5. The molecule has 4 aromatic carbocycles. The number of hydrogen-bond donors (Lipinski definition) is 1. The Bertz CT molecular complexity index is 1780. The van der Waals surface area contributed by atoms with Crippen molar-refractivity contribution in [1.82, 2.24) is 9.29 Å². The molecule has 0 bridgehead atoms. The van der Waals surface area contributed by atoms with Gasteiger partial charge in [0.25, 0.3) is 10.0 Å². The van der Waals surface area contributed by atoms with Crippen molar-refractivity contribution in [2.45, 2.75) is 18.0 Å². The van der Waals surface area contributed by atoms with E-state index in [0.29, 0.717) is 17.9 Å². The van der Waals surface area contributed by atoms with E-state index in [1.165, 1.54) is 42.6 Å². The minimum atomic E-state index is -4.10. The third-order valence-corrected chi connectivity index (χ3v) is 7.90. The number of halogens is 1. The Labute approximate surface area is 220 Å². The SMILES string of the molecule is CNCc1cc(-c2ccc(OCc3cccc4ccccc34)cc2F)n(S(=O)(=O)c2cccc(C#N)c2)c1. The van der Waals surface area contributed by atoms with Gasteiger partial charge < -0.3 is 10.1 Å². The molecule has 0 radical (unpaired) electrons. The molecule has 0 amide bonds. The molecule has 1 N–H and O–H groups in total. The molecule has 0 saturated carbocycles. The molecule has 0 atom stereocenters. The second-order valence-electron chi connectivity index (χ2n) is 8.77. The number of nitrogens with zero attached hydrogens (tertiary/aromatic N) is 2. The number of nitrogens with one attached hydrogen (secondary N) is 1. The molecular weight excluding hydrogens is 501 g/mol. The summed E-state index contributed by atoms with van der Waals surface area (Å²) < 4.78 is 49.5. The van der Waals surface area contributed by atoms with Crippen molar-refractivity contribution < 1.29 is 17.5 Å².